The van der Waals surface area contributed by atoms with Crippen molar-refractivity contribution in [1.82, 2.24) is 9.62 Å². The summed E-state index contributed by atoms with van der Waals surface area (Å²) in [4.78, 5) is 0. The molecule has 2 heterocycles. The normalized spacial score (nSPS) is 36.2. The van der Waals surface area contributed by atoms with Crippen LogP contribution in [0, 0.1) is 5.92 Å². The van der Waals surface area contributed by atoms with E-state index in [9.17, 15) is 8.42 Å². The van der Waals surface area contributed by atoms with E-state index in [0.717, 1.165) is 45.2 Å². The van der Waals surface area contributed by atoms with Crippen LogP contribution in [0.1, 0.15) is 38.5 Å². The molecule has 1 aliphatic carbocycles. The zero-order valence-electron chi connectivity index (χ0n) is 10.3. The molecule has 1 N–H and O–H groups in total. The van der Waals surface area contributed by atoms with Crippen LogP contribution in [0.4, 0.5) is 0 Å². The molecule has 3 rings (SSSR count). The molecule has 1 saturated carbocycles. The lowest BCUT2D eigenvalue weighted by Gasteiger charge is -2.27. The average Bonchev–Trinajstić information content (AvgIpc) is 2.90. The van der Waals surface area contributed by atoms with Gasteiger partial charge in [0.25, 0.3) is 0 Å². The van der Waals surface area contributed by atoms with Gasteiger partial charge in [-0.15, -0.1) is 0 Å². The van der Waals surface area contributed by atoms with Gasteiger partial charge in [0, 0.05) is 19.1 Å². The van der Waals surface area contributed by atoms with Crippen LogP contribution in [0.15, 0.2) is 0 Å². The fourth-order valence-corrected chi connectivity index (χ4v) is 5.71. The first kappa shape index (κ1) is 11.9. The van der Waals surface area contributed by atoms with Gasteiger partial charge in [0.15, 0.2) is 0 Å². The second-order valence-electron chi connectivity index (χ2n) is 5.73. The summed E-state index contributed by atoms with van der Waals surface area (Å²) in [6.45, 7) is 2.53. The molecule has 0 aromatic rings. The number of sulfonamides is 1. The fraction of sp³-hybridized carbons (Fsp3) is 1.00. The Bertz CT molecular complexity index is 364. The second-order valence-corrected chi connectivity index (χ2v) is 7.94. The van der Waals surface area contributed by atoms with Crippen LogP contribution in [0.2, 0.25) is 0 Å². The molecule has 2 aliphatic heterocycles. The van der Waals surface area contributed by atoms with Crippen LogP contribution < -0.4 is 5.32 Å². The first-order chi connectivity index (χ1) is 8.18. The number of rotatable bonds is 2. The predicted octanol–water partition coefficient (Wildman–Crippen LogP) is 0.943. The number of fused-ring (bicyclic) bond motifs is 1. The highest BCUT2D eigenvalue weighted by Crippen LogP contribution is 2.32. The first-order valence-electron chi connectivity index (χ1n) is 6.90. The molecule has 3 fully saturated rings. The van der Waals surface area contributed by atoms with Crippen LogP contribution in [0.5, 0.6) is 0 Å². The monoisotopic (exact) mass is 258 g/mol. The molecule has 0 spiro atoms. The van der Waals surface area contributed by atoms with Crippen molar-refractivity contribution in [3.63, 3.8) is 0 Å². The minimum absolute atomic E-state index is 0.0879. The Morgan fingerprint density at radius 2 is 1.76 bits per heavy atom. The van der Waals surface area contributed by atoms with Crippen LogP contribution >= 0.6 is 0 Å². The Kier molecular flexibility index (Phi) is 3.17. The van der Waals surface area contributed by atoms with E-state index in [4.69, 9.17) is 0 Å². The molecule has 0 bridgehead atoms. The standard InChI is InChI=1S/C12H22N2O2S/c15-17(16,11-4-2-1-3-5-11)14-8-10-6-7-13-12(10)9-14/h10-13H,1-9H2/t10-,12+/m0/s1. The molecule has 0 radical (unpaired) electrons. The highest BCUT2D eigenvalue weighted by atomic mass is 32.2. The van der Waals surface area contributed by atoms with Crippen LogP contribution in [-0.2, 0) is 10.0 Å². The largest absolute Gasteiger partial charge is 0.312 e. The third-order valence-electron chi connectivity index (χ3n) is 4.66. The van der Waals surface area contributed by atoms with E-state index in [-0.39, 0.29) is 5.25 Å². The van der Waals surface area contributed by atoms with E-state index in [2.05, 4.69) is 5.32 Å². The van der Waals surface area contributed by atoms with Crippen LogP contribution in [-0.4, -0.2) is 43.6 Å². The number of nitrogens with zero attached hydrogens (tertiary/aromatic N) is 1. The topological polar surface area (TPSA) is 49.4 Å². The molecule has 3 aliphatic rings. The van der Waals surface area contributed by atoms with E-state index >= 15 is 0 Å². The maximum atomic E-state index is 12.5. The van der Waals surface area contributed by atoms with E-state index < -0.39 is 10.0 Å². The van der Waals surface area contributed by atoms with Gasteiger partial charge in [0.2, 0.25) is 10.0 Å². The third kappa shape index (κ3) is 2.13. The Labute approximate surface area is 104 Å². The quantitative estimate of drug-likeness (QED) is 0.802. The third-order valence-corrected chi connectivity index (χ3v) is 6.99. The molecule has 0 aromatic heterocycles. The molecule has 2 saturated heterocycles. The van der Waals surface area contributed by atoms with E-state index in [1.165, 1.54) is 6.42 Å². The maximum absolute atomic E-state index is 12.5. The fourth-order valence-electron chi connectivity index (χ4n) is 3.59. The zero-order valence-corrected chi connectivity index (χ0v) is 11.1. The van der Waals surface area contributed by atoms with E-state index in [0.29, 0.717) is 18.5 Å². The summed E-state index contributed by atoms with van der Waals surface area (Å²) in [7, 11) is -3.01. The molecular formula is C12H22N2O2S. The highest BCUT2D eigenvalue weighted by Gasteiger charge is 2.43. The van der Waals surface area contributed by atoms with Gasteiger partial charge in [-0.05, 0) is 31.7 Å². The van der Waals surface area contributed by atoms with Gasteiger partial charge in [0.05, 0.1) is 5.25 Å². The molecule has 5 heteroatoms. The SMILES string of the molecule is O=S(=O)(C1CCCCC1)N1C[C@@H]2CCN[C@@H]2C1. The summed E-state index contributed by atoms with van der Waals surface area (Å²) in [5.74, 6) is 0.563. The van der Waals surface area contributed by atoms with Crippen molar-refractivity contribution in [2.24, 2.45) is 5.92 Å². The summed E-state index contributed by atoms with van der Waals surface area (Å²) in [5.41, 5.74) is 0. The van der Waals surface area contributed by atoms with Gasteiger partial charge in [-0.2, -0.15) is 4.31 Å². The molecule has 0 aromatic carbocycles. The van der Waals surface area contributed by atoms with Gasteiger partial charge >= 0.3 is 0 Å². The molecule has 2 atom stereocenters. The minimum atomic E-state index is -3.01. The van der Waals surface area contributed by atoms with Crippen molar-refractivity contribution in [3.8, 4) is 0 Å². The van der Waals surface area contributed by atoms with Crippen molar-refractivity contribution >= 4 is 10.0 Å². The molecular weight excluding hydrogens is 236 g/mol. The lowest BCUT2D eigenvalue weighted by molar-refractivity contribution is 0.413. The van der Waals surface area contributed by atoms with Crippen molar-refractivity contribution < 1.29 is 8.42 Å². The minimum Gasteiger partial charge on any atom is -0.312 e. The smallest absolute Gasteiger partial charge is 0.217 e. The molecule has 0 unspecified atom stereocenters. The first-order valence-corrected chi connectivity index (χ1v) is 8.40. The van der Waals surface area contributed by atoms with Gasteiger partial charge in [-0.3, -0.25) is 0 Å². The lowest BCUT2D eigenvalue weighted by atomic mass is 10.0. The summed E-state index contributed by atoms with van der Waals surface area (Å²) < 4.78 is 26.8. The van der Waals surface area contributed by atoms with Crippen molar-refractivity contribution in [1.29, 1.82) is 0 Å². The van der Waals surface area contributed by atoms with E-state index in [1.54, 1.807) is 4.31 Å². The van der Waals surface area contributed by atoms with Crippen molar-refractivity contribution in [2.45, 2.75) is 49.8 Å². The number of hydrogen-bond donors (Lipinski definition) is 1. The van der Waals surface area contributed by atoms with Crippen molar-refractivity contribution in [2.75, 3.05) is 19.6 Å². The summed E-state index contributed by atoms with van der Waals surface area (Å²) in [5, 5.41) is 3.33. The van der Waals surface area contributed by atoms with Gasteiger partial charge in [-0.25, -0.2) is 8.42 Å². The Balaban J connectivity index is 1.70. The average molecular weight is 258 g/mol. The van der Waals surface area contributed by atoms with Crippen LogP contribution in [0.3, 0.4) is 0 Å². The van der Waals surface area contributed by atoms with Crippen LogP contribution in [0.25, 0.3) is 0 Å². The van der Waals surface area contributed by atoms with Gasteiger partial charge < -0.3 is 5.32 Å². The highest BCUT2D eigenvalue weighted by molar-refractivity contribution is 7.89. The summed E-state index contributed by atoms with van der Waals surface area (Å²) >= 11 is 0. The zero-order chi connectivity index (χ0) is 11.9. The molecule has 0 amide bonds. The Morgan fingerprint density at radius 3 is 2.47 bits per heavy atom. The molecule has 98 valence electrons. The summed E-state index contributed by atoms with van der Waals surface area (Å²) in [6, 6.07) is 0.424. The predicted molar refractivity (Wildman–Crippen MR) is 67.3 cm³/mol. The maximum Gasteiger partial charge on any atom is 0.217 e. The van der Waals surface area contributed by atoms with E-state index in [1.807, 2.05) is 0 Å². The lowest BCUT2D eigenvalue weighted by Crippen LogP contribution is -2.40. The van der Waals surface area contributed by atoms with Gasteiger partial charge in [0.1, 0.15) is 0 Å². The molecule has 4 nitrogen and oxygen atoms in total. The number of hydrogen-bond acceptors (Lipinski definition) is 3. The second kappa shape index (κ2) is 4.52. The van der Waals surface area contributed by atoms with Gasteiger partial charge in [-0.1, -0.05) is 19.3 Å². The Morgan fingerprint density at radius 1 is 1.00 bits per heavy atom. The Hall–Kier alpha value is -0.130. The van der Waals surface area contributed by atoms with Crippen molar-refractivity contribution in [3.05, 3.63) is 0 Å². The summed E-state index contributed by atoms with van der Waals surface area (Å²) in [6.07, 6.45) is 6.27. The molecule has 17 heavy (non-hydrogen) atoms. The number of nitrogens with one attached hydrogen (secondary N) is 1.